The van der Waals surface area contributed by atoms with E-state index in [0.717, 1.165) is 25.1 Å². The van der Waals surface area contributed by atoms with Gasteiger partial charge in [0, 0.05) is 15.5 Å². The summed E-state index contributed by atoms with van der Waals surface area (Å²) in [6.07, 6.45) is 1.78. The van der Waals surface area contributed by atoms with Gasteiger partial charge in [0.1, 0.15) is 5.75 Å². The average Bonchev–Trinajstić information content (AvgIpc) is 2.96. The van der Waals surface area contributed by atoms with Crippen LogP contribution in [0.3, 0.4) is 0 Å². The summed E-state index contributed by atoms with van der Waals surface area (Å²) in [5.74, 6) is 0.538. The van der Waals surface area contributed by atoms with Crippen LogP contribution in [0.1, 0.15) is 9.88 Å². The van der Waals surface area contributed by atoms with Gasteiger partial charge < -0.3 is 10.1 Å². The molecular formula is C17H15BrN2O2S. The highest BCUT2D eigenvalue weighted by Crippen LogP contribution is 2.24. The Morgan fingerprint density at radius 1 is 1.26 bits per heavy atom. The van der Waals surface area contributed by atoms with Gasteiger partial charge in [0.05, 0.1) is 11.6 Å². The predicted octanol–water partition coefficient (Wildman–Crippen LogP) is 4.06. The third kappa shape index (κ3) is 4.30. The summed E-state index contributed by atoms with van der Waals surface area (Å²) in [6.45, 7) is 2.43. The molecule has 23 heavy (non-hydrogen) atoms. The van der Waals surface area contributed by atoms with Crippen LogP contribution in [-0.4, -0.2) is 17.5 Å². The summed E-state index contributed by atoms with van der Waals surface area (Å²) in [4.78, 5) is 17.0. The number of nitrogens with zero attached hydrogens (tertiary/aromatic N) is 1. The summed E-state index contributed by atoms with van der Waals surface area (Å²) in [7, 11) is 0. The quantitative estimate of drug-likeness (QED) is 0.714. The number of aromatic nitrogens is 1. The fourth-order valence-electron chi connectivity index (χ4n) is 2.16. The van der Waals surface area contributed by atoms with E-state index in [9.17, 15) is 4.79 Å². The zero-order chi connectivity index (χ0) is 16.2. The summed E-state index contributed by atoms with van der Waals surface area (Å²) >= 11 is 5.03. The third-order valence-electron chi connectivity index (χ3n) is 3.27. The van der Waals surface area contributed by atoms with Gasteiger partial charge in [-0.3, -0.25) is 4.79 Å². The van der Waals surface area contributed by atoms with Gasteiger partial charge in [-0.05, 0) is 42.0 Å². The number of hydrogen-bond donors (Lipinski definition) is 1. The second kappa shape index (κ2) is 7.10. The molecule has 4 nitrogen and oxygen atoms in total. The molecule has 0 radical (unpaired) electrons. The largest absolute Gasteiger partial charge is 0.484 e. The Morgan fingerprint density at radius 3 is 2.83 bits per heavy atom. The zero-order valence-corrected chi connectivity index (χ0v) is 14.9. The lowest BCUT2D eigenvalue weighted by molar-refractivity contribution is -0.123. The Bertz CT molecular complexity index is 847. The molecule has 1 amide bonds. The van der Waals surface area contributed by atoms with Crippen LogP contribution in [0, 0.1) is 6.92 Å². The molecule has 3 aromatic rings. The van der Waals surface area contributed by atoms with E-state index in [4.69, 9.17) is 4.74 Å². The van der Waals surface area contributed by atoms with E-state index in [0.29, 0.717) is 12.3 Å². The van der Waals surface area contributed by atoms with Gasteiger partial charge >= 0.3 is 0 Å². The first-order chi connectivity index (χ1) is 11.1. The van der Waals surface area contributed by atoms with Crippen molar-refractivity contribution in [2.24, 2.45) is 0 Å². The fourth-order valence-corrected chi connectivity index (χ4v) is 3.27. The van der Waals surface area contributed by atoms with Gasteiger partial charge in [0.15, 0.2) is 6.61 Å². The molecule has 0 spiro atoms. The number of thiazole rings is 1. The normalized spacial score (nSPS) is 10.7. The van der Waals surface area contributed by atoms with Crippen LogP contribution in [0.15, 0.2) is 47.1 Å². The second-order valence-electron chi connectivity index (χ2n) is 5.06. The molecule has 0 bridgehead atoms. The predicted molar refractivity (Wildman–Crippen MR) is 95.8 cm³/mol. The van der Waals surface area contributed by atoms with Crippen LogP contribution < -0.4 is 10.1 Å². The van der Waals surface area contributed by atoms with Crippen molar-refractivity contribution in [3.8, 4) is 5.75 Å². The zero-order valence-electron chi connectivity index (χ0n) is 12.5. The summed E-state index contributed by atoms with van der Waals surface area (Å²) < 4.78 is 6.60. The van der Waals surface area contributed by atoms with E-state index in [-0.39, 0.29) is 12.5 Å². The highest BCUT2D eigenvalue weighted by molar-refractivity contribution is 9.10. The molecule has 0 aliphatic carbocycles. The molecule has 0 aliphatic heterocycles. The number of halogens is 1. The molecule has 0 unspecified atom stereocenters. The number of fused-ring (bicyclic) bond motifs is 1. The SMILES string of the molecule is Cc1ncc(CNC(=O)COc2ccc3cc(Br)ccc3c2)s1. The molecule has 0 saturated heterocycles. The Hall–Kier alpha value is -1.92. The van der Waals surface area contributed by atoms with E-state index in [1.165, 1.54) is 0 Å². The molecule has 1 heterocycles. The van der Waals surface area contributed by atoms with E-state index in [2.05, 4.69) is 26.2 Å². The molecule has 6 heteroatoms. The van der Waals surface area contributed by atoms with Crippen LogP contribution >= 0.6 is 27.3 Å². The summed E-state index contributed by atoms with van der Waals surface area (Å²) in [6, 6.07) is 11.8. The van der Waals surface area contributed by atoms with E-state index >= 15 is 0 Å². The number of hydrogen-bond acceptors (Lipinski definition) is 4. The highest BCUT2D eigenvalue weighted by Gasteiger charge is 2.05. The number of carbonyl (C=O) groups excluding carboxylic acids is 1. The molecule has 0 fully saturated rings. The maximum atomic E-state index is 11.8. The first-order valence-corrected chi connectivity index (χ1v) is 8.71. The van der Waals surface area contributed by atoms with Crippen molar-refractivity contribution in [1.29, 1.82) is 0 Å². The van der Waals surface area contributed by atoms with Crippen LogP contribution in [0.2, 0.25) is 0 Å². The van der Waals surface area contributed by atoms with Crippen molar-refractivity contribution in [3.63, 3.8) is 0 Å². The molecule has 0 saturated carbocycles. The monoisotopic (exact) mass is 390 g/mol. The van der Waals surface area contributed by atoms with Gasteiger partial charge in [0.25, 0.3) is 5.91 Å². The van der Waals surface area contributed by atoms with E-state index in [1.54, 1.807) is 17.5 Å². The van der Waals surface area contributed by atoms with E-state index < -0.39 is 0 Å². The van der Waals surface area contributed by atoms with Crippen LogP contribution in [0.25, 0.3) is 10.8 Å². The van der Waals surface area contributed by atoms with Gasteiger partial charge in [0.2, 0.25) is 0 Å². The number of nitrogens with one attached hydrogen (secondary N) is 1. The number of ether oxygens (including phenoxy) is 1. The molecule has 0 aliphatic rings. The summed E-state index contributed by atoms with van der Waals surface area (Å²) in [5.41, 5.74) is 0. The van der Waals surface area contributed by atoms with Crippen LogP contribution in [0.5, 0.6) is 5.75 Å². The molecule has 3 rings (SSSR count). The Kier molecular flexibility index (Phi) is 4.93. The number of rotatable bonds is 5. The molecule has 1 N–H and O–H groups in total. The Balaban J connectivity index is 1.55. The smallest absolute Gasteiger partial charge is 0.258 e. The van der Waals surface area contributed by atoms with E-state index in [1.807, 2.05) is 43.3 Å². The molecule has 1 aromatic heterocycles. The minimum absolute atomic E-state index is 0.000178. The topological polar surface area (TPSA) is 51.2 Å². The third-order valence-corrected chi connectivity index (χ3v) is 4.68. The lowest BCUT2D eigenvalue weighted by Crippen LogP contribution is -2.28. The number of benzene rings is 2. The molecule has 118 valence electrons. The Morgan fingerprint density at radius 2 is 2.04 bits per heavy atom. The van der Waals surface area contributed by atoms with Crippen LogP contribution in [-0.2, 0) is 11.3 Å². The fraction of sp³-hybridized carbons (Fsp3) is 0.176. The van der Waals surface area contributed by atoms with Gasteiger partial charge in [-0.25, -0.2) is 4.98 Å². The van der Waals surface area contributed by atoms with Crippen molar-refractivity contribution >= 4 is 43.9 Å². The lowest BCUT2D eigenvalue weighted by atomic mass is 10.1. The van der Waals surface area contributed by atoms with Gasteiger partial charge in [-0.2, -0.15) is 0 Å². The van der Waals surface area contributed by atoms with Crippen molar-refractivity contribution in [2.45, 2.75) is 13.5 Å². The lowest BCUT2D eigenvalue weighted by Gasteiger charge is -2.08. The standard InChI is InChI=1S/C17H15BrN2O2S/c1-11-19-8-16(23-11)9-20-17(21)10-22-15-5-3-12-6-14(18)4-2-13(12)7-15/h2-8H,9-10H2,1H3,(H,20,21). The summed E-state index contributed by atoms with van der Waals surface area (Å²) in [5, 5.41) is 6.02. The van der Waals surface area contributed by atoms with Crippen molar-refractivity contribution < 1.29 is 9.53 Å². The van der Waals surface area contributed by atoms with Gasteiger partial charge in [-0.1, -0.05) is 28.1 Å². The van der Waals surface area contributed by atoms with Crippen molar-refractivity contribution in [2.75, 3.05) is 6.61 Å². The number of aryl methyl sites for hydroxylation is 1. The number of carbonyl (C=O) groups is 1. The molecule has 2 aromatic carbocycles. The maximum Gasteiger partial charge on any atom is 0.258 e. The van der Waals surface area contributed by atoms with Crippen LogP contribution in [0.4, 0.5) is 0 Å². The van der Waals surface area contributed by atoms with Gasteiger partial charge in [-0.15, -0.1) is 11.3 Å². The van der Waals surface area contributed by atoms with Crippen molar-refractivity contribution in [1.82, 2.24) is 10.3 Å². The highest BCUT2D eigenvalue weighted by atomic mass is 79.9. The maximum absolute atomic E-state index is 11.8. The first kappa shape index (κ1) is 16.0. The first-order valence-electron chi connectivity index (χ1n) is 7.10. The average molecular weight is 391 g/mol. The number of amides is 1. The molecule has 0 atom stereocenters. The second-order valence-corrected chi connectivity index (χ2v) is 7.30. The van der Waals surface area contributed by atoms with Crippen molar-refractivity contribution in [3.05, 3.63) is 57.0 Å². The molecular weight excluding hydrogens is 376 g/mol. The minimum Gasteiger partial charge on any atom is -0.484 e. The Labute approximate surface area is 146 Å². The minimum atomic E-state index is -0.146.